The zero-order valence-corrected chi connectivity index (χ0v) is 17.3. The third-order valence-electron chi connectivity index (χ3n) is 4.72. The van der Waals surface area contributed by atoms with Crippen LogP contribution in [0.2, 0.25) is 0 Å². The molecule has 0 bridgehead atoms. The Bertz CT molecular complexity index is 984. The van der Waals surface area contributed by atoms with E-state index in [1.165, 1.54) is 24.3 Å². The van der Waals surface area contributed by atoms with E-state index in [2.05, 4.69) is 9.89 Å². The van der Waals surface area contributed by atoms with Crippen molar-refractivity contribution in [1.82, 2.24) is 4.90 Å². The number of hydrogen-bond acceptors (Lipinski definition) is 7. The Balaban J connectivity index is 1.95. The topological polar surface area (TPSA) is 91.6 Å². The van der Waals surface area contributed by atoms with Gasteiger partial charge in [-0.05, 0) is 36.8 Å². The lowest BCUT2D eigenvalue weighted by Crippen LogP contribution is -2.35. The molecule has 2 aromatic carbocycles. The Labute approximate surface area is 180 Å². The summed E-state index contributed by atoms with van der Waals surface area (Å²) < 4.78 is 24.9. The van der Waals surface area contributed by atoms with Crippen LogP contribution in [0.4, 0.5) is 10.1 Å². The van der Waals surface area contributed by atoms with Gasteiger partial charge in [-0.3, -0.25) is 9.89 Å². The first-order chi connectivity index (χ1) is 15.0. The van der Waals surface area contributed by atoms with Crippen LogP contribution in [0.5, 0.6) is 5.75 Å². The van der Waals surface area contributed by atoms with Crippen molar-refractivity contribution in [3.8, 4) is 5.75 Å². The highest BCUT2D eigenvalue weighted by Gasteiger charge is 2.20. The molecule has 3 rings (SSSR count). The molecule has 8 heteroatoms. The molecule has 0 aromatic heterocycles. The number of aliphatic imine (C=N–C) groups is 1. The van der Waals surface area contributed by atoms with Crippen LogP contribution in [-0.2, 0) is 20.8 Å². The molecule has 0 unspecified atom stereocenters. The summed E-state index contributed by atoms with van der Waals surface area (Å²) in [6.45, 7) is 5.07. The van der Waals surface area contributed by atoms with Crippen LogP contribution in [0.3, 0.4) is 0 Å². The second-order valence-corrected chi connectivity index (χ2v) is 6.96. The van der Waals surface area contributed by atoms with Gasteiger partial charge in [-0.25, -0.2) is 9.18 Å². The van der Waals surface area contributed by atoms with E-state index in [1.54, 1.807) is 25.1 Å². The SMILES string of the molecule is CCOC(=O)C(C=Nc1cccc(O)c1)=C(O)c1cc(CN2CCOCC2)ccc1F. The van der Waals surface area contributed by atoms with Crippen molar-refractivity contribution in [3.63, 3.8) is 0 Å². The largest absolute Gasteiger partial charge is 0.508 e. The Morgan fingerprint density at radius 3 is 2.74 bits per heavy atom. The molecule has 0 radical (unpaired) electrons. The van der Waals surface area contributed by atoms with Crippen LogP contribution < -0.4 is 0 Å². The average molecular weight is 428 g/mol. The third-order valence-corrected chi connectivity index (χ3v) is 4.72. The summed E-state index contributed by atoms with van der Waals surface area (Å²) >= 11 is 0. The first kappa shape index (κ1) is 22.5. The quantitative estimate of drug-likeness (QED) is 0.303. The van der Waals surface area contributed by atoms with E-state index < -0.39 is 17.5 Å². The molecule has 2 N–H and O–H groups in total. The first-order valence-electron chi connectivity index (χ1n) is 10.00. The fourth-order valence-electron chi connectivity index (χ4n) is 3.15. The van der Waals surface area contributed by atoms with Crippen molar-refractivity contribution < 1.29 is 28.9 Å². The van der Waals surface area contributed by atoms with Crippen LogP contribution in [0, 0.1) is 5.82 Å². The number of rotatable bonds is 7. The number of carbonyl (C=O) groups excluding carboxylic acids is 1. The Morgan fingerprint density at radius 1 is 1.26 bits per heavy atom. The van der Waals surface area contributed by atoms with Gasteiger partial charge in [0.1, 0.15) is 22.9 Å². The lowest BCUT2D eigenvalue weighted by atomic mass is 10.0. The summed E-state index contributed by atoms with van der Waals surface area (Å²) in [5.74, 6) is -2.07. The van der Waals surface area contributed by atoms with E-state index in [0.29, 0.717) is 25.4 Å². The normalized spacial score (nSPS) is 15.7. The number of phenolic OH excluding ortho intramolecular Hbond substituents is 1. The smallest absolute Gasteiger partial charge is 0.343 e. The van der Waals surface area contributed by atoms with E-state index in [1.807, 2.05) is 0 Å². The molecule has 0 aliphatic carbocycles. The van der Waals surface area contributed by atoms with Crippen molar-refractivity contribution in [1.29, 1.82) is 0 Å². The van der Waals surface area contributed by atoms with Gasteiger partial charge in [0.25, 0.3) is 0 Å². The van der Waals surface area contributed by atoms with Gasteiger partial charge in [-0.2, -0.15) is 0 Å². The fourth-order valence-corrected chi connectivity index (χ4v) is 3.15. The number of benzene rings is 2. The van der Waals surface area contributed by atoms with Gasteiger partial charge in [0.05, 0.1) is 31.1 Å². The molecule has 2 aromatic rings. The minimum Gasteiger partial charge on any atom is -0.508 e. The number of phenols is 1. The van der Waals surface area contributed by atoms with Crippen LogP contribution in [-0.4, -0.2) is 60.2 Å². The van der Waals surface area contributed by atoms with Crippen molar-refractivity contribution in [3.05, 3.63) is 65.0 Å². The van der Waals surface area contributed by atoms with Crippen LogP contribution in [0.25, 0.3) is 5.76 Å². The zero-order valence-electron chi connectivity index (χ0n) is 17.3. The highest BCUT2D eigenvalue weighted by molar-refractivity contribution is 6.15. The molecule has 0 saturated carbocycles. The average Bonchev–Trinajstić information content (AvgIpc) is 2.76. The Morgan fingerprint density at radius 2 is 2.03 bits per heavy atom. The second-order valence-electron chi connectivity index (χ2n) is 6.96. The molecular weight excluding hydrogens is 403 g/mol. The molecule has 0 spiro atoms. The molecule has 1 heterocycles. The molecule has 1 fully saturated rings. The summed E-state index contributed by atoms with van der Waals surface area (Å²) in [6.07, 6.45) is 1.11. The van der Waals surface area contributed by atoms with Crippen LogP contribution in [0.1, 0.15) is 18.1 Å². The van der Waals surface area contributed by atoms with Gasteiger partial charge in [0.2, 0.25) is 0 Å². The number of aliphatic hydroxyl groups excluding tert-OH is 1. The van der Waals surface area contributed by atoms with Crippen molar-refractivity contribution in [2.24, 2.45) is 4.99 Å². The maximum Gasteiger partial charge on any atom is 0.343 e. The van der Waals surface area contributed by atoms with Crippen molar-refractivity contribution in [2.75, 3.05) is 32.9 Å². The Kier molecular flexibility index (Phi) is 7.75. The van der Waals surface area contributed by atoms with E-state index in [4.69, 9.17) is 9.47 Å². The summed E-state index contributed by atoms with van der Waals surface area (Å²) in [5.41, 5.74) is 0.748. The van der Waals surface area contributed by atoms with E-state index >= 15 is 0 Å². The molecular formula is C23H25FN2O5. The van der Waals surface area contributed by atoms with E-state index in [0.717, 1.165) is 24.9 Å². The van der Waals surface area contributed by atoms with E-state index in [9.17, 15) is 19.4 Å². The summed E-state index contributed by atoms with van der Waals surface area (Å²) in [5, 5.41) is 20.4. The number of halogens is 1. The molecule has 1 saturated heterocycles. The summed E-state index contributed by atoms with van der Waals surface area (Å²) in [6, 6.07) is 10.5. The number of hydrogen-bond donors (Lipinski definition) is 2. The molecule has 7 nitrogen and oxygen atoms in total. The van der Waals surface area contributed by atoms with Gasteiger partial charge in [-0.15, -0.1) is 0 Å². The molecule has 0 atom stereocenters. The van der Waals surface area contributed by atoms with Gasteiger partial charge in [-0.1, -0.05) is 12.1 Å². The summed E-state index contributed by atoms with van der Waals surface area (Å²) in [4.78, 5) is 18.7. The standard InChI is InChI=1S/C23H25FN2O5/c1-2-31-23(29)20(14-25-17-4-3-5-18(27)13-17)22(28)19-12-16(6-7-21(19)24)15-26-8-10-30-11-9-26/h3-7,12-14,27-28H,2,8-11,15H2,1H3. The zero-order chi connectivity index (χ0) is 22.2. The minimum atomic E-state index is -0.832. The van der Waals surface area contributed by atoms with Gasteiger partial charge < -0.3 is 19.7 Å². The van der Waals surface area contributed by atoms with Crippen LogP contribution >= 0.6 is 0 Å². The highest BCUT2D eigenvalue weighted by atomic mass is 19.1. The van der Waals surface area contributed by atoms with Crippen LogP contribution in [0.15, 0.2) is 53.0 Å². The monoisotopic (exact) mass is 428 g/mol. The molecule has 1 aliphatic heterocycles. The predicted molar refractivity (Wildman–Crippen MR) is 115 cm³/mol. The maximum absolute atomic E-state index is 14.6. The number of nitrogens with zero attached hydrogens (tertiary/aromatic N) is 2. The minimum absolute atomic E-state index is 0.00222. The lowest BCUT2D eigenvalue weighted by Gasteiger charge is -2.26. The Hall–Kier alpha value is -3.23. The lowest BCUT2D eigenvalue weighted by molar-refractivity contribution is -0.137. The van der Waals surface area contributed by atoms with E-state index in [-0.39, 0.29) is 23.5 Å². The van der Waals surface area contributed by atoms with Gasteiger partial charge in [0, 0.05) is 31.9 Å². The number of ether oxygens (including phenoxy) is 2. The summed E-state index contributed by atoms with van der Waals surface area (Å²) in [7, 11) is 0. The molecule has 0 amide bonds. The third kappa shape index (κ3) is 6.13. The van der Waals surface area contributed by atoms with Gasteiger partial charge in [0.15, 0.2) is 0 Å². The highest BCUT2D eigenvalue weighted by Crippen LogP contribution is 2.24. The maximum atomic E-state index is 14.6. The fraction of sp³-hybridized carbons (Fsp3) is 0.304. The first-order valence-corrected chi connectivity index (χ1v) is 10.00. The second kappa shape index (κ2) is 10.7. The molecule has 1 aliphatic rings. The number of aliphatic hydroxyl groups is 1. The predicted octanol–water partition coefficient (Wildman–Crippen LogP) is 3.60. The van der Waals surface area contributed by atoms with Crippen molar-refractivity contribution in [2.45, 2.75) is 13.5 Å². The molecule has 164 valence electrons. The number of morpholine rings is 1. The molecule has 31 heavy (non-hydrogen) atoms. The number of carbonyl (C=O) groups is 1. The number of aromatic hydroxyl groups is 1. The van der Waals surface area contributed by atoms with Gasteiger partial charge >= 0.3 is 5.97 Å². The number of esters is 1. The van der Waals surface area contributed by atoms with Crippen molar-refractivity contribution >= 4 is 23.6 Å².